The summed E-state index contributed by atoms with van der Waals surface area (Å²) in [6.45, 7) is 5.73. The van der Waals surface area contributed by atoms with Crippen molar-refractivity contribution in [2.24, 2.45) is 5.41 Å². The molecule has 1 atom stereocenters. The van der Waals surface area contributed by atoms with Gasteiger partial charge in [-0.05, 0) is 18.9 Å². The van der Waals surface area contributed by atoms with Gasteiger partial charge in [0, 0.05) is 12.0 Å². The van der Waals surface area contributed by atoms with Gasteiger partial charge >= 0.3 is 5.97 Å². The van der Waals surface area contributed by atoms with Crippen LogP contribution in [0.15, 0.2) is 30.3 Å². The van der Waals surface area contributed by atoms with Gasteiger partial charge in [0.1, 0.15) is 0 Å². The number of esters is 1. The predicted molar refractivity (Wildman–Crippen MR) is 82.4 cm³/mol. The van der Waals surface area contributed by atoms with Gasteiger partial charge in [-0.25, -0.2) is 0 Å². The molecule has 1 unspecified atom stereocenters. The second-order valence-electron chi connectivity index (χ2n) is 5.82. The van der Waals surface area contributed by atoms with Gasteiger partial charge in [0.2, 0.25) is 0 Å². The van der Waals surface area contributed by atoms with E-state index in [4.69, 9.17) is 9.47 Å². The monoisotopic (exact) mass is 307 g/mol. The number of nitrogens with zero attached hydrogens (tertiary/aromatic N) is 1. The van der Waals surface area contributed by atoms with Crippen LogP contribution >= 0.6 is 0 Å². The number of ether oxygens (including phenoxy) is 2. The molecule has 0 aliphatic carbocycles. The summed E-state index contributed by atoms with van der Waals surface area (Å²) in [5, 5.41) is 11.9. The molecule has 2 rings (SSSR count). The summed E-state index contributed by atoms with van der Waals surface area (Å²) in [6.07, 6.45) is 1.03. The highest BCUT2D eigenvalue weighted by Gasteiger charge is 2.47. The van der Waals surface area contributed by atoms with Crippen molar-refractivity contribution in [3.05, 3.63) is 35.9 Å². The molecular weight excluding hydrogens is 282 g/mol. The minimum absolute atomic E-state index is 0.175. The standard InChI is InChI=1S/C17H25NO4/c1-3-17(12-21-13-17)15(10-16(19)22-4-2)18(20)11-14-8-6-5-7-9-14/h5-9,15,20H,3-4,10-13H2,1-2H3. The molecule has 1 N–H and O–H groups in total. The van der Waals surface area contributed by atoms with E-state index in [2.05, 4.69) is 6.92 Å². The largest absolute Gasteiger partial charge is 0.466 e. The number of hydroxylamine groups is 2. The van der Waals surface area contributed by atoms with Crippen molar-refractivity contribution in [3.8, 4) is 0 Å². The average Bonchev–Trinajstić information content (AvgIpc) is 2.47. The third kappa shape index (κ3) is 3.85. The Morgan fingerprint density at radius 2 is 2.05 bits per heavy atom. The van der Waals surface area contributed by atoms with Crippen LogP contribution in [0.5, 0.6) is 0 Å². The van der Waals surface area contributed by atoms with E-state index in [9.17, 15) is 10.0 Å². The molecule has 5 heteroatoms. The molecule has 1 aromatic carbocycles. The van der Waals surface area contributed by atoms with E-state index >= 15 is 0 Å². The summed E-state index contributed by atoms with van der Waals surface area (Å²) in [5.41, 5.74) is 0.821. The molecule has 0 radical (unpaired) electrons. The quantitative estimate of drug-likeness (QED) is 0.591. The SMILES string of the molecule is CCOC(=O)CC(N(O)Cc1ccccc1)C1(CC)COC1. The summed E-state index contributed by atoms with van der Waals surface area (Å²) in [6, 6.07) is 9.43. The van der Waals surface area contributed by atoms with E-state index in [0.717, 1.165) is 12.0 Å². The number of carbonyl (C=O) groups excluding carboxylic acids is 1. The maximum atomic E-state index is 11.9. The molecule has 1 aliphatic rings. The van der Waals surface area contributed by atoms with Gasteiger partial charge in [0.05, 0.1) is 32.3 Å². The number of benzene rings is 1. The van der Waals surface area contributed by atoms with Gasteiger partial charge < -0.3 is 14.7 Å². The highest BCUT2D eigenvalue weighted by atomic mass is 16.5. The normalized spacial score (nSPS) is 17.8. The van der Waals surface area contributed by atoms with Gasteiger partial charge in [-0.3, -0.25) is 4.79 Å². The van der Waals surface area contributed by atoms with Crippen molar-refractivity contribution in [2.75, 3.05) is 19.8 Å². The first-order valence-corrected chi connectivity index (χ1v) is 7.84. The molecule has 0 spiro atoms. The molecule has 1 heterocycles. The number of rotatable bonds is 8. The van der Waals surface area contributed by atoms with Crippen molar-refractivity contribution in [3.63, 3.8) is 0 Å². The Balaban J connectivity index is 2.10. The molecule has 5 nitrogen and oxygen atoms in total. The molecule has 1 fully saturated rings. The minimum Gasteiger partial charge on any atom is -0.466 e. The molecule has 22 heavy (non-hydrogen) atoms. The Morgan fingerprint density at radius 3 is 2.55 bits per heavy atom. The first-order valence-electron chi connectivity index (χ1n) is 7.84. The fourth-order valence-corrected chi connectivity index (χ4v) is 2.89. The highest BCUT2D eigenvalue weighted by Crippen LogP contribution is 2.39. The molecule has 0 amide bonds. The zero-order chi connectivity index (χ0) is 16.0. The van der Waals surface area contributed by atoms with Gasteiger partial charge in [0.25, 0.3) is 0 Å². The summed E-state index contributed by atoms with van der Waals surface area (Å²) in [4.78, 5) is 11.9. The molecule has 122 valence electrons. The molecule has 0 bridgehead atoms. The van der Waals surface area contributed by atoms with Gasteiger partial charge in [-0.1, -0.05) is 37.3 Å². The Labute approximate surface area is 131 Å². The fraction of sp³-hybridized carbons (Fsp3) is 0.588. The lowest BCUT2D eigenvalue weighted by Crippen LogP contribution is -2.57. The second kappa shape index (κ2) is 7.72. The summed E-state index contributed by atoms with van der Waals surface area (Å²) in [7, 11) is 0. The smallest absolute Gasteiger partial charge is 0.307 e. The van der Waals surface area contributed by atoms with E-state index in [1.165, 1.54) is 5.06 Å². The fourth-order valence-electron chi connectivity index (χ4n) is 2.89. The first-order chi connectivity index (χ1) is 10.6. The van der Waals surface area contributed by atoms with Crippen LogP contribution in [0.25, 0.3) is 0 Å². The van der Waals surface area contributed by atoms with Crippen molar-refractivity contribution in [1.29, 1.82) is 0 Å². The summed E-state index contributed by atoms with van der Waals surface area (Å²) >= 11 is 0. The van der Waals surface area contributed by atoms with E-state index < -0.39 is 0 Å². The van der Waals surface area contributed by atoms with E-state index in [0.29, 0.717) is 26.4 Å². The lowest BCUT2D eigenvalue weighted by Gasteiger charge is -2.48. The maximum absolute atomic E-state index is 11.9. The molecule has 1 aromatic rings. The van der Waals surface area contributed by atoms with Crippen LogP contribution in [0.3, 0.4) is 0 Å². The number of hydrogen-bond acceptors (Lipinski definition) is 5. The molecule has 0 saturated carbocycles. The Morgan fingerprint density at radius 1 is 1.36 bits per heavy atom. The van der Waals surface area contributed by atoms with Crippen molar-refractivity contribution in [1.82, 2.24) is 5.06 Å². The van der Waals surface area contributed by atoms with E-state index in [1.54, 1.807) is 6.92 Å². The van der Waals surface area contributed by atoms with Gasteiger partial charge in [-0.2, -0.15) is 5.06 Å². The zero-order valence-electron chi connectivity index (χ0n) is 13.3. The molecule has 0 aromatic heterocycles. The van der Waals surface area contributed by atoms with Gasteiger partial charge in [0.15, 0.2) is 0 Å². The topological polar surface area (TPSA) is 59.0 Å². The number of carbonyl (C=O) groups is 1. The average molecular weight is 307 g/mol. The third-order valence-electron chi connectivity index (χ3n) is 4.40. The third-order valence-corrected chi connectivity index (χ3v) is 4.40. The maximum Gasteiger partial charge on any atom is 0.307 e. The Bertz CT molecular complexity index is 467. The van der Waals surface area contributed by atoms with Crippen LogP contribution in [0.1, 0.15) is 32.3 Å². The molecule has 1 aliphatic heterocycles. The minimum atomic E-state index is -0.300. The zero-order valence-corrected chi connectivity index (χ0v) is 13.3. The summed E-state index contributed by atoms with van der Waals surface area (Å²) in [5.74, 6) is -0.278. The molecule has 1 saturated heterocycles. The lowest BCUT2D eigenvalue weighted by molar-refractivity contribution is -0.234. The predicted octanol–water partition coefficient (Wildman–Crippen LogP) is 2.63. The van der Waals surface area contributed by atoms with Crippen LogP contribution in [-0.4, -0.2) is 42.1 Å². The van der Waals surface area contributed by atoms with Crippen LogP contribution in [0, 0.1) is 5.41 Å². The first kappa shape index (κ1) is 16.9. The van der Waals surface area contributed by atoms with Crippen LogP contribution < -0.4 is 0 Å². The van der Waals surface area contributed by atoms with Crippen LogP contribution in [-0.2, 0) is 20.8 Å². The Hall–Kier alpha value is -1.43. The molecular formula is C17H25NO4. The Kier molecular flexibility index (Phi) is 5.94. The van der Waals surface area contributed by atoms with E-state index in [1.807, 2.05) is 30.3 Å². The van der Waals surface area contributed by atoms with Crippen molar-refractivity contribution < 1.29 is 19.5 Å². The highest BCUT2D eigenvalue weighted by molar-refractivity contribution is 5.70. The number of hydrogen-bond donors (Lipinski definition) is 1. The lowest BCUT2D eigenvalue weighted by atomic mass is 9.74. The second-order valence-corrected chi connectivity index (χ2v) is 5.82. The van der Waals surface area contributed by atoms with Crippen LogP contribution in [0.4, 0.5) is 0 Å². The van der Waals surface area contributed by atoms with Gasteiger partial charge in [-0.15, -0.1) is 0 Å². The summed E-state index contributed by atoms with van der Waals surface area (Å²) < 4.78 is 10.4. The van der Waals surface area contributed by atoms with Crippen molar-refractivity contribution in [2.45, 2.75) is 39.3 Å². The van der Waals surface area contributed by atoms with E-state index in [-0.39, 0.29) is 23.8 Å². The van der Waals surface area contributed by atoms with Crippen molar-refractivity contribution >= 4 is 5.97 Å². The van der Waals surface area contributed by atoms with Crippen LogP contribution in [0.2, 0.25) is 0 Å².